The summed E-state index contributed by atoms with van der Waals surface area (Å²) < 4.78 is 14.2. The molecule has 1 nitrogen and oxygen atoms in total. The second-order valence-electron chi connectivity index (χ2n) is 5.07. The average molecular weight is 336 g/mol. The minimum atomic E-state index is -0.162. The van der Waals surface area contributed by atoms with Gasteiger partial charge in [0.05, 0.1) is 0 Å². The summed E-state index contributed by atoms with van der Waals surface area (Å²) in [5.41, 5.74) is 2.35. The summed E-state index contributed by atoms with van der Waals surface area (Å²) in [6.45, 7) is 3.04. The van der Waals surface area contributed by atoms with Gasteiger partial charge in [-0.15, -0.1) is 0 Å². The van der Waals surface area contributed by atoms with E-state index < -0.39 is 0 Å². The normalized spacial score (nSPS) is 12.3. The first kappa shape index (κ1) is 15.2. The molecule has 2 aromatic carbocycles. The Kier molecular flexibility index (Phi) is 5.74. The monoisotopic (exact) mass is 335 g/mol. The fourth-order valence-corrected chi connectivity index (χ4v) is 2.47. The molecular weight excluding hydrogens is 317 g/mol. The van der Waals surface area contributed by atoms with E-state index in [1.54, 1.807) is 12.1 Å². The van der Waals surface area contributed by atoms with Crippen molar-refractivity contribution in [2.75, 3.05) is 6.54 Å². The van der Waals surface area contributed by atoms with E-state index in [1.165, 1.54) is 11.6 Å². The number of rotatable bonds is 6. The molecule has 0 aliphatic rings. The molecule has 0 saturated carbocycles. The summed E-state index contributed by atoms with van der Waals surface area (Å²) in [6.07, 6.45) is 1.85. The summed E-state index contributed by atoms with van der Waals surface area (Å²) in [6, 6.07) is 15.6. The van der Waals surface area contributed by atoms with Crippen molar-refractivity contribution >= 4 is 15.9 Å². The second kappa shape index (κ2) is 7.55. The molecule has 0 radical (unpaired) electrons. The third-order valence-corrected chi connectivity index (χ3v) is 3.78. The van der Waals surface area contributed by atoms with Crippen LogP contribution in [0.25, 0.3) is 0 Å². The van der Waals surface area contributed by atoms with E-state index in [-0.39, 0.29) is 5.82 Å². The molecule has 0 aromatic heterocycles. The molecule has 3 heteroatoms. The standard InChI is InChI=1S/C17H19BrFN/c1-13(11-15-5-7-16(18)8-6-15)20-10-9-14-3-2-4-17(19)12-14/h2-8,12-13,20H,9-11H2,1H3. The minimum Gasteiger partial charge on any atom is -0.314 e. The molecule has 1 atom stereocenters. The van der Waals surface area contributed by atoms with E-state index in [9.17, 15) is 4.39 Å². The number of nitrogens with one attached hydrogen (secondary N) is 1. The van der Waals surface area contributed by atoms with Crippen molar-refractivity contribution in [3.8, 4) is 0 Å². The van der Waals surface area contributed by atoms with E-state index >= 15 is 0 Å². The number of halogens is 2. The zero-order chi connectivity index (χ0) is 14.4. The van der Waals surface area contributed by atoms with Gasteiger partial charge >= 0.3 is 0 Å². The van der Waals surface area contributed by atoms with E-state index in [0.29, 0.717) is 6.04 Å². The predicted molar refractivity (Wildman–Crippen MR) is 85.4 cm³/mol. The lowest BCUT2D eigenvalue weighted by atomic mass is 10.1. The molecule has 2 rings (SSSR count). The maximum absolute atomic E-state index is 13.0. The molecule has 0 amide bonds. The van der Waals surface area contributed by atoms with Crippen LogP contribution in [0.15, 0.2) is 53.0 Å². The van der Waals surface area contributed by atoms with Crippen LogP contribution in [-0.2, 0) is 12.8 Å². The van der Waals surface area contributed by atoms with Gasteiger partial charge in [-0.3, -0.25) is 0 Å². The summed E-state index contributed by atoms with van der Waals surface area (Å²) in [7, 11) is 0. The van der Waals surface area contributed by atoms with Crippen molar-refractivity contribution in [1.82, 2.24) is 5.32 Å². The Balaban J connectivity index is 1.75. The van der Waals surface area contributed by atoms with Crippen molar-refractivity contribution < 1.29 is 4.39 Å². The van der Waals surface area contributed by atoms with Gasteiger partial charge in [0.25, 0.3) is 0 Å². The topological polar surface area (TPSA) is 12.0 Å². The highest BCUT2D eigenvalue weighted by atomic mass is 79.9. The fraction of sp³-hybridized carbons (Fsp3) is 0.294. The van der Waals surface area contributed by atoms with Gasteiger partial charge in [-0.2, -0.15) is 0 Å². The van der Waals surface area contributed by atoms with E-state index in [0.717, 1.165) is 29.4 Å². The van der Waals surface area contributed by atoms with Crippen molar-refractivity contribution in [2.24, 2.45) is 0 Å². The minimum absolute atomic E-state index is 0.162. The van der Waals surface area contributed by atoms with Gasteiger partial charge in [-0.1, -0.05) is 40.2 Å². The fourth-order valence-electron chi connectivity index (χ4n) is 2.20. The Morgan fingerprint density at radius 2 is 1.85 bits per heavy atom. The molecule has 0 spiro atoms. The summed E-state index contributed by atoms with van der Waals surface area (Å²) in [5, 5.41) is 3.48. The molecule has 1 unspecified atom stereocenters. The molecule has 1 N–H and O–H groups in total. The van der Waals surface area contributed by atoms with Crippen molar-refractivity contribution in [3.05, 3.63) is 69.9 Å². The number of benzene rings is 2. The maximum atomic E-state index is 13.0. The largest absolute Gasteiger partial charge is 0.314 e. The van der Waals surface area contributed by atoms with Crippen LogP contribution >= 0.6 is 15.9 Å². The van der Waals surface area contributed by atoms with Crippen molar-refractivity contribution in [1.29, 1.82) is 0 Å². The highest BCUT2D eigenvalue weighted by molar-refractivity contribution is 9.10. The van der Waals surface area contributed by atoms with Gasteiger partial charge in [-0.25, -0.2) is 4.39 Å². The van der Waals surface area contributed by atoms with Crippen LogP contribution in [0.2, 0.25) is 0 Å². The van der Waals surface area contributed by atoms with Gasteiger partial charge in [0, 0.05) is 10.5 Å². The van der Waals surface area contributed by atoms with Crippen LogP contribution in [0.4, 0.5) is 4.39 Å². The highest BCUT2D eigenvalue weighted by Gasteiger charge is 2.03. The molecule has 0 aliphatic carbocycles. The Bertz CT molecular complexity index is 539. The quantitative estimate of drug-likeness (QED) is 0.827. The van der Waals surface area contributed by atoms with Crippen molar-refractivity contribution in [2.45, 2.75) is 25.8 Å². The van der Waals surface area contributed by atoms with Crippen LogP contribution in [0.5, 0.6) is 0 Å². The van der Waals surface area contributed by atoms with Gasteiger partial charge in [0.2, 0.25) is 0 Å². The zero-order valence-corrected chi connectivity index (χ0v) is 13.2. The molecule has 2 aromatic rings. The zero-order valence-electron chi connectivity index (χ0n) is 11.6. The first-order chi connectivity index (χ1) is 9.63. The Hall–Kier alpha value is -1.19. The second-order valence-corrected chi connectivity index (χ2v) is 5.98. The molecular formula is C17H19BrFN. The molecule has 20 heavy (non-hydrogen) atoms. The molecule has 0 heterocycles. The maximum Gasteiger partial charge on any atom is 0.123 e. The molecule has 0 saturated heterocycles. The van der Waals surface area contributed by atoms with Crippen LogP contribution in [0.3, 0.4) is 0 Å². The van der Waals surface area contributed by atoms with Gasteiger partial charge in [0.15, 0.2) is 0 Å². The molecule has 106 valence electrons. The number of hydrogen-bond donors (Lipinski definition) is 1. The Labute approximate surface area is 128 Å². The lowest BCUT2D eigenvalue weighted by Gasteiger charge is -2.14. The summed E-state index contributed by atoms with van der Waals surface area (Å²) >= 11 is 3.44. The van der Waals surface area contributed by atoms with Crippen molar-refractivity contribution in [3.63, 3.8) is 0 Å². The van der Waals surface area contributed by atoms with E-state index in [1.807, 2.05) is 6.07 Å². The van der Waals surface area contributed by atoms with Crippen LogP contribution in [0.1, 0.15) is 18.1 Å². The Morgan fingerprint density at radius 1 is 1.10 bits per heavy atom. The van der Waals surface area contributed by atoms with E-state index in [2.05, 4.69) is 52.4 Å². The van der Waals surface area contributed by atoms with Gasteiger partial charge in [-0.05, 0) is 61.7 Å². The summed E-state index contributed by atoms with van der Waals surface area (Å²) in [5.74, 6) is -0.162. The third kappa shape index (κ3) is 5.06. The number of hydrogen-bond acceptors (Lipinski definition) is 1. The predicted octanol–water partition coefficient (Wildman–Crippen LogP) is 4.35. The lowest BCUT2D eigenvalue weighted by Crippen LogP contribution is -2.29. The van der Waals surface area contributed by atoms with Crippen LogP contribution < -0.4 is 5.32 Å². The van der Waals surface area contributed by atoms with Crippen LogP contribution in [-0.4, -0.2) is 12.6 Å². The first-order valence-electron chi connectivity index (χ1n) is 6.86. The Morgan fingerprint density at radius 3 is 2.55 bits per heavy atom. The molecule has 0 aliphatic heterocycles. The summed E-state index contributed by atoms with van der Waals surface area (Å²) in [4.78, 5) is 0. The van der Waals surface area contributed by atoms with Gasteiger partial charge in [0.1, 0.15) is 5.82 Å². The highest BCUT2D eigenvalue weighted by Crippen LogP contribution is 2.12. The molecule has 0 fully saturated rings. The van der Waals surface area contributed by atoms with E-state index in [4.69, 9.17) is 0 Å². The molecule has 0 bridgehead atoms. The van der Waals surface area contributed by atoms with Gasteiger partial charge < -0.3 is 5.32 Å². The lowest BCUT2D eigenvalue weighted by molar-refractivity contribution is 0.547. The third-order valence-electron chi connectivity index (χ3n) is 3.25. The first-order valence-corrected chi connectivity index (χ1v) is 7.65. The SMILES string of the molecule is CC(Cc1ccc(Br)cc1)NCCc1cccc(F)c1. The smallest absolute Gasteiger partial charge is 0.123 e. The van der Waals surface area contributed by atoms with Crippen LogP contribution in [0, 0.1) is 5.82 Å². The average Bonchev–Trinajstić information content (AvgIpc) is 2.41.